The summed E-state index contributed by atoms with van der Waals surface area (Å²) >= 11 is 0. The van der Waals surface area contributed by atoms with E-state index in [1.165, 1.54) is 10.6 Å². The first-order valence-corrected chi connectivity index (χ1v) is 10.6. The average Bonchev–Trinajstić information content (AvgIpc) is 3.14. The van der Waals surface area contributed by atoms with Crippen molar-refractivity contribution in [3.05, 3.63) is 84.2 Å². The minimum absolute atomic E-state index is 0.487. The lowest BCUT2D eigenvalue weighted by Crippen LogP contribution is -2.38. The molecule has 2 aromatic rings. The predicted octanol–water partition coefficient (Wildman–Crippen LogP) is 4.92. The Hall–Kier alpha value is -1.69. The van der Waals surface area contributed by atoms with Gasteiger partial charge in [-0.15, -0.1) is 0 Å². The van der Waals surface area contributed by atoms with Gasteiger partial charge in [0.2, 0.25) is 0 Å². The zero-order valence-electron chi connectivity index (χ0n) is 15.5. The molecule has 1 aliphatic rings. The van der Waals surface area contributed by atoms with Gasteiger partial charge in [0.25, 0.3) is 0 Å². The molecule has 1 unspecified atom stereocenters. The molecule has 0 saturated carbocycles. The highest BCUT2D eigenvalue weighted by atomic mass is 31.1. The van der Waals surface area contributed by atoms with Crippen LogP contribution in [-0.2, 0) is 0 Å². The Kier molecular flexibility index (Phi) is 6.24. The maximum absolute atomic E-state index is 2.57. The highest BCUT2D eigenvalue weighted by Crippen LogP contribution is 2.50. The van der Waals surface area contributed by atoms with Crippen molar-refractivity contribution >= 4 is 18.5 Å². The molecule has 3 rings (SSSR count). The van der Waals surface area contributed by atoms with Gasteiger partial charge in [-0.1, -0.05) is 92.7 Å². The zero-order chi connectivity index (χ0) is 17.6. The fourth-order valence-electron chi connectivity index (χ4n) is 3.74. The lowest BCUT2D eigenvalue weighted by molar-refractivity contribution is 0.207. The third kappa shape index (κ3) is 3.94. The summed E-state index contributed by atoms with van der Waals surface area (Å²) in [5, 5.41) is 4.46. The number of hydrogen-bond donors (Lipinski definition) is 0. The van der Waals surface area contributed by atoms with Gasteiger partial charge in [0.1, 0.15) is 0 Å². The fraction of sp³-hybridized carbons (Fsp3) is 0.304. The third-order valence-corrected chi connectivity index (χ3v) is 7.71. The minimum Gasteiger partial charge on any atom is -0.300 e. The molecule has 0 fully saturated rings. The lowest BCUT2D eigenvalue weighted by atomic mass is 10.0. The second kappa shape index (κ2) is 8.61. The van der Waals surface area contributed by atoms with E-state index in [1.54, 1.807) is 5.31 Å². The van der Waals surface area contributed by atoms with Crippen molar-refractivity contribution in [2.45, 2.75) is 26.8 Å². The van der Waals surface area contributed by atoms with E-state index in [2.05, 4.69) is 105 Å². The molecule has 0 aliphatic heterocycles. The Morgan fingerprint density at radius 1 is 0.880 bits per heavy atom. The molecule has 0 bridgehead atoms. The van der Waals surface area contributed by atoms with Crippen LogP contribution in [0.15, 0.2) is 84.2 Å². The second-order valence-corrected chi connectivity index (χ2v) is 8.69. The van der Waals surface area contributed by atoms with Gasteiger partial charge in [-0.2, -0.15) is 0 Å². The van der Waals surface area contributed by atoms with E-state index >= 15 is 0 Å². The highest BCUT2D eigenvalue weighted by Gasteiger charge is 2.31. The van der Waals surface area contributed by atoms with Crippen molar-refractivity contribution in [2.24, 2.45) is 5.92 Å². The first-order chi connectivity index (χ1) is 12.3. The van der Waals surface area contributed by atoms with E-state index in [-0.39, 0.29) is 0 Å². The average molecular weight is 349 g/mol. The van der Waals surface area contributed by atoms with Crippen LogP contribution >= 0.6 is 7.92 Å². The van der Waals surface area contributed by atoms with E-state index in [0.29, 0.717) is 12.0 Å². The van der Waals surface area contributed by atoms with Crippen LogP contribution in [0.1, 0.15) is 20.8 Å². The fourth-order valence-corrected chi connectivity index (χ4v) is 6.41. The molecule has 0 saturated heterocycles. The zero-order valence-corrected chi connectivity index (χ0v) is 16.4. The summed E-state index contributed by atoms with van der Waals surface area (Å²) in [6, 6.07) is 22.6. The summed E-state index contributed by atoms with van der Waals surface area (Å²) in [6.07, 6.45) is 7.04. The third-order valence-electron chi connectivity index (χ3n) is 5.12. The molecular weight excluding hydrogens is 321 g/mol. The molecule has 0 heterocycles. The molecule has 25 heavy (non-hydrogen) atoms. The summed E-state index contributed by atoms with van der Waals surface area (Å²) in [5.74, 6) is 0.492. The van der Waals surface area contributed by atoms with E-state index in [1.807, 2.05) is 0 Å². The van der Waals surface area contributed by atoms with Crippen molar-refractivity contribution in [3.8, 4) is 0 Å². The molecule has 2 atom stereocenters. The molecule has 0 spiro atoms. The van der Waals surface area contributed by atoms with E-state index in [9.17, 15) is 0 Å². The van der Waals surface area contributed by atoms with Gasteiger partial charge < -0.3 is 4.90 Å². The van der Waals surface area contributed by atoms with Crippen molar-refractivity contribution in [1.82, 2.24) is 4.90 Å². The quantitative estimate of drug-likeness (QED) is 0.641. The SMILES string of the molecule is CCN(CC)[C@@H](C)C1C=CC=C1P(c1ccccc1)c1ccccc1. The van der Waals surface area contributed by atoms with Crippen molar-refractivity contribution in [3.63, 3.8) is 0 Å². The van der Waals surface area contributed by atoms with Crippen LogP contribution < -0.4 is 10.6 Å². The molecule has 1 nitrogen and oxygen atoms in total. The molecule has 0 amide bonds. The number of rotatable bonds is 7. The number of benzene rings is 2. The number of hydrogen-bond acceptors (Lipinski definition) is 1. The molecule has 130 valence electrons. The summed E-state index contributed by atoms with van der Waals surface area (Å²) in [5.41, 5.74) is 0. The molecule has 2 heteroatoms. The Morgan fingerprint density at radius 2 is 1.40 bits per heavy atom. The predicted molar refractivity (Wildman–Crippen MR) is 112 cm³/mol. The lowest BCUT2D eigenvalue weighted by Gasteiger charge is -2.34. The summed E-state index contributed by atoms with van der Waals surface area (Å²) in [7, 11) is -0.487. The second-order valence-electron chi connectivity index (χ2n) is 6.47. The summed E-state index contributed by atoms with van der Waals surface area (Å²) in [4.78, 5) is 2.57. The van der Waals surface area contributed by atoms with Crippen LogP contribution in [0, 0.1) is 5.92 Å². The van der Waals surface area contributed by atoms with Crippen LogP contribution in [0.4, 0.5) is 0 Å². The highest BCUT2D eigenvalue weighted by molar-refractivity contribution is 7.76. The van der Waals surface area contributed by atoms with E-state index < -0.39 is 7.92 Å². The van der Waals surface area contributed by atoms with Crippen molar-refractivity contribution in [1.29, 1.82) is 0 Å². The molecule has 1 aliphatic carbocycles. The Balaban J connectivity index is 1.99. The monoisotopic (exact) mass is 349 g/mol. The smallest absolute Gasteiger partial charge is 0.0185 e. The molecule has 2 aromatic carbocycles. The van der Waals surface area contributed by atoms with Gasteiger partial charge in [-0.3, -0.25) is 0 Å². The van der Waals surface area contributed by atoms with E-state index in [0.717, 1.165) is 13.1 Å². The minimum atomic E-state index is -0.487. The Morgan fingerprint density at radius 3 is 1.88 bits per heavy atom. The van der Waals surface area contributed by atoms with Crippen LogP contribution in [0.5, 0.6) is 0 Å². The standard InChI is InChI=1S/C23H28NP/c1-4-24(5-2)19(3)22-17-12-18-23(22)25(20-13-8-6-9-14-20)21-15-10-7-11-16-21/h6-19,22H,4-5H2,1-3H3/t19-,22?/m0/s1. The van der Waals surface area contributed by atoms with Gasteiger partial charge in [-0.05, 0) is 43.9 Å². The molecule has 0 radical (unpaired) electrons. The van der Waals surface area contributed by atoms with Crippen LogP contribution in [0.3, 0.4) is 0 Å². The van der Waals surface area contributed by atoms with Crippen LogP contribution in [0.25, 0.3) is 0 Å². The van der Waals surface area contributed by atoms with Gasteiger partial charge in [0.15, 0.2) is 0 Å². The van der Waals surface area contributed by atoms with Crippen LogP contribution in [0.2, 0.25) is 0 Å². The Bertz CT molecular complexity index is 677. The van der Waals surface area contributed by atoms with Crippen molar-refractivity contribution < 1.29 is 0 Å². The number of allylic oxidation sites excluding steroid dienone is 2. The molecular formula is C23H28NP. The van der Waals surface area contributed by atoms with Gasteiger partial charge in [0, 0.05) is 12.0 Å². The molecule has 0 N–H and O–H groups in total. The van der Waals surface area contributed by atoms with E-state index in [4.69, 9.17) is 0 Å². The van der Waals surface area contributed by atoms with Gasteiger partial charge >= 0.3 is 0 Å². The molecule has 0 aromatic heterocycles. The first-order valence-electron chi connectivity index (χ1n) is 9.29. The van der Waals surface area contributed by atoms with Gasteiger partial charge in [0.05, 0.1) is 0 Å². The largest absolute Gasteiger partial charge is 0.300 e. The van der Waals surface area contributed by atoms with Gasteiger partial charge in [-0.25, -0.2) is 0 Å². The summed E-state index contributed by atoms with van der Waals surface area (Å²) < 4.78 is 0. The summed E-state index contributed by atoms with van der Waals surface area (Å²) in [6.45, 7) is 9.11. The first kappa shape index (κ1) is 18.1. The normalized spacial score (nSPS) is 18.0. The van der Waals surface area contributed by atoms with Crippen LogP contribution in [-0.4, -0.2) is 24.0 Å². The number of nitrogens with zero attached hydrogens (tertiary/aromatic N) is 1. The maximum atomic E-state index is 2.57. The maximum Gasteiger partial charge on any atom is 0.0185 e. The topological polar surface area (TPSA) is 3.24 Å². The Labute approximate surface area is 153 Å². The van der Waals surface area contributed by atoms with Crippen molar-refractivity contribution in [2.75, 3.05) is 13.1 Å².